The zero-order valence-corrected chi connectivity index (χ0v) is 16.7. The lowest BCUT2D eigenvalue weighted by atomic mass is 9.95. The Balaban J connectivity index is 1.44. The van der Waals surface area contributed by atoms with Gasteiger partial charge in [-0.15, -0.1) is 0 Å². The zero-order valence-electron chi connectivity index (χ0n) is 16.7. The van der Waals surface area contributed by atoms with Crippen molar-refractivity contribution in [1.29, 1.82) is 0 Å². The molecule has 0 atom stereocenters. The minimum Gasteiger partial charge on any atom is -0.494 e. The van der Waals surface area contributed by atoms with Crippen LogP contribution in [0.15, 0.2) is 48.5 Å². The third kappa shape index (κ3) is 5.56. The van der Waals surface area contributed by atoms with Crippen molar-refractivity contribution in [3.05, 3.63) is 65.5 Å². The molecule has 1 fully saturated rings. The summed E-state index contributed by atoms with van der Waals surface area (Å²) in [4.78, 5) is 26.8. The molecule has 0 saturated carbocycles. The molecule has 1 aliphatic rings. The summed E-state index contributed by atoms with van der Waals surface area (Å²) in [6.07, 6.45) is 1.73. The van der Waals surface area contributed by atoms with Gasteiger partial charge >= 0.3 is 0 Å². The number of hydrogen-bond acceptors (Lipinski definition) is 3. The maximum Gasteiger partial charge on any atom is 0.253 e. The number of carbonyl (C=O) groups is 2. The Morgan fingerprint density at radius 1 is 1.10 bits per heavy atom. The second kappa shape index (κ2) is 10.0. The van der Waals surface area contributed by atoms with Crippen LogP contribution in [0, 0.1) is 11.7 Å². The first-order valence-electron chi connectivity index (χ1n) is 10.1. The molecule has 29 heavy (non-hydrogen) atoms. The summed E-state index contributed by atoms with van der Waals surface area (Å²) in [5.41, 5.74) is 1.23. The number of hydrogen-bond donors (Lipinski definition) is 1. The molecule has 5 nitrogen and oxygen atoms in total. The number of likely N-dealkylation sites (tertiary alicyclic amines) is 1. The second-order valence-electron chi connectivity index (χ2n) is 7.16. The minimum atomic E-state index is -0.247. The Kier molecular flexibility index (Phi) is 7.22. The number of piperidine rings is 1. The molecular formula is C23H27FN2O3. The maximum absolute atomic E-state index is 13.6. The van der Waals surface area contributed by atoms with E-state index in [9.17, 15) is 14.0 Å². The fourth-order valence-electron chi connectivity index (χ4n) is 3.55. The molecule has 2 aromatic rings. The summed E-state index contributed by atoms with van der Waals surface area (Å²) in [6.45, 7) is 4.02. The van der Waals surface area contributed by atoms with Crippen LogP contribution in [-0.2, 0) is 11.2 Å². The second-order valence-corrected chi connectivity index (χ2v) is 7.16. The molecule has 1 heterocycles. The first-order chi connectivity index (χ1) is 14.1. The predicted molar refractivity (Wildman–Crippen MR) is 109 cm³/mol. The summed E-state index contributed by atoms with van der Waals surface area (Å²) < 4.78 is 19.0. The van der Waals surface area contributed by atoms with Crippen molar-refractivity contribution < 1.29 is 18.7 Å². The third-order valence-corrected chi connectivity index (χ3v) is 5.22. The first kappa shape index (κ1) is 20.8. The third-order valence-electron chi connectivity index (χ3n) is 5.22. The van der Waals surface area contributed by atoms with Gasteiger partial charge in [0.25, 0.3) is 5.91 Å². The van der Waals surface area contributed by atoms with Crippen molar-refractivity contribution in [2.75, 3.05) is 26.2 Å². The molecule has 1 saturated heterocycles. The van der Waals surface area contributed by atoms with Crippen LogP contribution in [0.25, 0.3) is 0 Å². The lowest BCUT2D eigenvalue weighted by Gasteiger charge is -2.31. The van der Waals surface area contributed by atoms with Gasteiger partial charge in [-0.2, -0.15) is 0 Å². The number of rotatable bonds is 7. The molecule has 2 aromatic carbocycles. The van der Waals surface area contributed by atoms with E-state index in [0.29, 0.717) is 56.6 Å². The normalized spacial score (nSPS) is 14.5. The van der Waals surface area contributed by atoms with Crippen LogP contribution in [0.3, 0.4) is 0 Å². The van der Waals surface area contributed by atoms with E-state index in [1.165, 1.54) is 6.07 Å². The van der Waals surface area contributed by atoms with Gasteiger partial charge in [0.2, 0.25) is 5.91 Å². The average molecular weight is 398 g/mol. The van der Waals surface area contributed by atoms with Crippen LogP contribution in [-0.4, -0.2) is 43.0 Å². The molecule has 0 radical (unpaired) electrons. The van der Waals surface area contributed by atoms with Gasteiger partial charge in [0.05, 0.1) is 6.61 Å². The molecule has 6 heteroatoms. The van der Waals surface area contributed by atoms with Gasteiger partial charge in [0.1, 0.15) is 11.6 Å². The number of nitrogens with zero attached hydrogens (tertiary/aromatic N) is 1. The number of carbonyl (C=O) groups excluding carboxylic acids is 2. The Hall–Kier alpha value is -2.89. The van der Waals surface area contributed by atoms with Gasteiger partial charge in [-0.1, -0.05) is 18.2 Å². The van der Waals surface area contributed by atoms with E-state index in [0.717, 1.165) is 5.75 Å². The smallest absolute Gasteiger partial charge is 0.253 e. The Morgan fingerprint density at radius 2 is 1.79 bits per heavy atom. The van der Waals surface area contributed by atoms with Crippen LogP contribution in [0.4, 0.5) is 4.39 Å². The monoisotopic (exact) mass is 398 g/mol. The summed E-state index contributed by atoms with van der Waals surface area (Å²) >= 11 is 0. The Morgan fingerprint density at radius 3 is 2.45 bits per heavy atom. The van der Waals surface area contributed by atoms with Gasteiger partial charge in [0.15, 0.2) is 0 Å². The van der Waals surface area contributed by atoms with Gasteiger partial charge in [-0.25, -0.2) is 4.39 Å². The lowest BCUT2D eigenvalue weighted by Crippen LogP contribution is -2.43. The van der Waals surface area contributed by atoms with E-state index in [1.54, 1.807) is 47.4 Å². The molecule has 1 aliphatic heterocycles. The summed E-state index contributed by atoms with van der Waals surface area (Å²) in [7, 11) is 0. The largest absolute Gasteiger partial charge is 0.494 e. The average Bonchev–Trinajstić information content (AvgIpc) is 2.75. The van der Waals surface area contributed by atoms with Gasteiger partial charge in [0, 0.05) is 31.1 Å². The lowest BCUT2D eigenvalue weighted by molar-refractivity contribution is -0.126. The maximum atomic E-state index is 13.6. The van der Waals surface area contributed by atoms with Crippen molar-refractivity contribution >= 4 is 11.8 Å². The van der Waals surface area contributed by atoms with Gasteiger partial charge < -0.3 is 15.0 Å². The highest BCUT2D eigenvalue weighted by Crippen LogP contribution is 2.20. The van der Waals surface area contributed by atoms with Crippen molar-refractivity contribution in [3.63, 3.8) is 0 Å². The van der Waals surface area contributed by atoms with E-state index in [1.807, 2.05) is 6.92 Å². The number of ether oxygens (including phenoxy) is 1. The zero-order chi connectivity index (χ0) is 20.6. The van der Waals surface area contributed by atoms with E-state index < -0.39 is 0 Å². The fourth-order valence-corrected chi connectivity index (χ4v) is 3.55. The molecule has 0 aromatic heterocycles. The highest BCUT2D eigenvalue weighted by Gasteiger charge is 2.27. The highest BCUT2D eigenvalue weighted by molar-refractivity contribution is 5.94. The van der Waals surface area contributed by atoms with Gasteiger partial charge in [-0.05, 0) is 62.1 Å². The molecule has 154 valence electrons. The van der Waals surface area contributed by atoms with Crippen LogP contribution < -0.4 is 10.1 Å². The standard InChI is InChI=1S/C23H27FN2O3/c1-2-29-20-9-7-19(8-10-20)23(28)26-15-12-18(13-16-26)22(27)25-14-11-17-5-3-4-6-21(17)24/h3-10,18H,2,11-16H2,1H3,(H,25,27). The summed E-state index contributed by atoms with van der Waals surface area (Å²) in [6, 6.07) is 13.7. The number of amides is 2. The van der Waals surface area contributed by atoms with Crippen LogP contribution >= 0.6 is 0 Å². The van der Waals surface area contributed by atoms with E-state index in [2.05, 4.69) is 5.32 Å². The molecule has 0 spiro atoms. The highest BCUT2D eigenvalue weighted by atomic mass is 19.1. The van der Waals surface area contributed by atoms with Crippen molar-refractivity contribution in [1.82, 2.24) is 10.2 Å². The van der Waals surface area contributed by atoms with Crippen LogP contribution in [0.1, 0.15) is 35.7 Å². The van der Waals surface area contributed by atoms with Crippen LogP contribution in [0.5, 0.6) is 5.75 Å². The van der Waals surface area contributed by atoms with E-state index in [-0.39, 0.29) is 23.5 Å². The van der Waals surface area contributed by atoms with Crippen molar-refractivity contribution in [2.45, 2.75) is 26.2 Å². The number of nitrogens with one attached hydrogen (secondary N) is 1. The quantitative estimate of drug-likeness (QED) is 0.777. The van der Waals surface area contributed by atoms with E-state index >= 15 is 0 Å². The molecule has 3 rings (SSSR count). The molecular weight excluding hydrogens is 371 g/mol. The molecule has 0 aliphatic carbocycles. The summed E-state index contributed by atoms with van der Waals surface area (Å²) in [5, 5.41) is 2.90. The Bertz CT molecular complexity index is 830. The summed E-state index contributed by atoms with van der Waals surface area (Å²) in [5.74, 6) is 0.346. The fraction of sp³-hybridized carbons (Fsp3) is 0.391. The van der Waals surface area contributed by atoms with Crippen molar-refractivity contribution in [2.24, 2.45) is 5.92 Å². The first-order valence-corrected chi connectivity index (χ1v) is 10.1. The molecule has 2 amide bonds. The topological polar surface area (TPSA) is 58.6 Å². The molecule has 1 N–H and O–H groups in total. The molecule has 0 unspecified atom stereocenters. The predicted octanol–water partition coefficient (Wildman–Crippen LogP) is 3.44. The minimum absolute atomic E-state index is 0.0190. The Labute approximate surface area is 170 Å². The number of halogens is 1. The molecule has 0 bridgehead atoms. The van der Waals surface area contributed by atoms with Crippen molar-refractivity contribution in [3.8, 4) is 5.75 Å². The SMILES string of the molecule is CCOc1ccc(C(=O)N2CCC(C(=O)NCCc3ccccc3F)CC2)cc1. The van der Waals surface area contributed by atoms with Crippen LogP contribution in [0.2, 0.25) is 0 Å². The van der Waals surface area contributed by atoms with E-state index in [4.69, 9.17) is 4.74 Å². The number of benzene rings is 2. The van der Waals surface area contributed by atoms with Gasteiger partial charge in [-0.3, -0.25) is 9.59 Å².